The van der Waals surface area contributed by atoms with Crippen LogP contribution in [0.15, 0.2) is 35.7 Å². The van der Waals surface area contributed by atoms with Crippen LogP contribution in [0.3, 0.4) is 0 Å². The fourth-order valence-electron chi connectivity index (χ4n) is 3.83. The van der Waals surface area contributed by atoms with Gasteiger partial charge < -0.3 is 15.0 Å². The maximum absolute atomic E-state index is 5.36. The second kappa shape index (κ2) is 7.82. The normalized spacial score (nSPS) is 16.4. The van der Waals surface area contributed by atoms with Crippen molar-refractivity contribution in [2.75, 3.05) is 20.2 Å². The molecule has 4 rings (SSSR count). The zero-order chi connectivity index (χ0) is 17.9. The molecule has 1 saturated heterocycles. The van der Waals surface area contributed by atoms with E-state index in [2.05, 4.69) is 51.8 Å². The summed E-state index contributed by atoms with van der Waals surface area (Å²) in [5, 5.41) is 7.19. The highest BCUT2D eigenvalue weighted by atomic mass is 32.1. The molecule has 1 fully saturated rings. The predicted octanol–water partition coefficient (Wildman–Crippen LogP) is 4.30. The number of ether oxygens (including phenoxy) is 1. The molecule has 5 heteroatoms. The molecule has 0 atom stereocenters. The number of rotatable bonds is 6. The highest BCUT2D eigenvalue weighted by Gasteiger charge is 2.19. The average molecular weight is 370 g/mol. The molecule has 1 aromatic carbocycles. The number of piperidine rings is 1. The van der Waals surface area contributed by atoms with Crippen LogP contribution in [0.25, 0.3) is 10.9 Å². The number of aromatic amines is 1. The van der Waals surface area contributed by atoms with Gasteiger partial charge in [-0.3, -0.25) is 4.90 Å². The second-order valence-corrected chi connectivity index (χ2v) is 8.18. The van der Waals surface area contributed by atoms with Gasteiger partial charge in [0.05, 0.1) is 7.11 Å². The Hall–Kier alpha value is -1.82. The van der Waals surface area contributed by atoms with Gasteiger partial charge in [0, 0.05) is 40.6 Å². The Bertz CT molecular complexity index is 848. The number of methoxy groups -OCH3 is 1. The van der Waals surface area contributed by atoms with Crippen molar-refractivity contribution >= 4 is 22.2 Å². The van der Waals surface area contributed by atoms with Crippen LogP contribution in [0, 0.1) is 6.92 Å². The van der Waals surface area contributed by atoms with Crippen LogP contribution in [0.2, 0.25) is 0 Å². The Labute approximate surface area is 159 Å². The van der Waals surface area contributed by atoms with E-state index in [0.717, 1.165) is 18.8 Å². The molecule has 0 aliphatic carbocycles. The van der Waals surface area contributed by atoms with E-state index in [1.54, 1.807) is 7.11 Å². The Morgan fingerprint density at radius 1 is 1.27 bits per heavy atom. The minimum Gasteiger partial charge on any atom is -0.497 e. The van der Waals surface area contributed by atoms with Crippen molar-refractivity contribution < 1.29 is 4.74 Å². The molecule has 0 saturated carbocycles. The van der Waals surface area contributed by atoms with Gasteiger partial charge in [-0.1, -0.05) is 6.07 Å². The van der Waals surface area contributed by atoms with Crippen molar-refractivity contribution in [3.05, 3.63) is 51.8 Å². The summed E-state index contributed by atoms with van der Waals surface area (Å²) < 4.78 is 5.36. The molecular weight excluding hydrogens is 342 g/mol. The Balaban J connectivity index is 1.32. The van der Waals surface area contributed by atoms with Crippen molar-refractivity contribution in [1.82, 2.24) is 15.2 Å². The number of nitrogens with zero attached hydrogens (tertiary/aromatic N) is 1. The zero-order valence-corrected chi connectivity index (χ0v) is 16.4. The Kier molecular flexibility index (Phi) is 5.29. The quantitative estimate of drug-likeness (QED) is 0.680. The third kappa shape index (κ3) is 3.80. The summed E-state index contributed by atoms with van der Waals surface area (Å²) in [6.07, 6.45) is 2.44. The average Bonchev–Trinajstić information content (AvgIpc) is 3.29. The number of benzene rings is 1. The molecule has 0 amide bonds. The standard InChI is InChI=1S/C21H27N3OS/c1-15-19-12-17(25-2)5-6-20(19)23-21(15)13-22-16-7-9-24(10-8-16)14-18-4-3-11-26-18/h3-6,11-12,16,22-23H,7-10,13-14H2,1-2H3. The molecule has 0 unspecified atom stereocenters. The number of hydrogen-bond donors (Lipinski definition) is 2. The van der Waals surface area contributed by atoms with E-state index in [-0.39, 0.29) is 0 Å². The fourth-order valence-corrected chi connectivity index (χ4v) is 4.58. The lowest BCUT2D eigenvalue weighted by molar-refractivity contribution is 0.191. The molecule has 0 bridgehead atoms. The molecule has 2 N–H and O–H groups in total. The SMILES string of the molecule is COc1ccc2[nH]c(CNC3CCN(Cc4cccs4)CC3)c(C)c2c1. The molecule has 0 spiro atoms. The smallest absolute Gasteiger partial charge is 0.119 e. The number of fused-ring (bicyclic) bond motifs is 1. The van der Waals surface area contributed by atoms with Gasteiger partial charge in [0.15, 0.2) is 0 Å². The third-order valence-corrected chi connectivity index (χ3v) is 6.34. The van der Waals surface area contributed by atoms with Crippen LogP contribution >= 0.6 is 11.3 Å². The summed E-state index contributed by atoms with van der Waals surface area (Å²) in [6.45, 7) is 6.56. The first-order valence-corrected chi connectivity index (χ1v) is 10.2. The number of nitrogens with one attached hydrogen (secondary N) is 2. The molecule has 1 aliphatic heterocycles. The van der Waals surface area contributed by atoms with E-state index in [0.29, 0.717) is 6.04 Å². The summed E-state index contributed by atoms with van der Waals surface area (Å²) >= 11 is 1.86. The van der Waals surface area contributed by atoms with Crippen LogP contribution in [0.1, 0.15) is 29.0 Å². The van der Waals surface area contributed by atoms with E-state index >= 15 is 0 Å². The molecule has 138 valence electrons. The highest BCUT2D eigenvalue weighted by Crippen LogP contribution is 2.26. The largest absolute Gasteiger partial charge is 0.497 e. The number of H-pyrrole nitrogens is 1. The summed E-state index contributed by atoms with van der Waals surface area (Å²) in [6, 6.07) is 11.2. The Morgan fingerprint density at radius 3 is 2.85 bits per heavy atom. The maximum atomic E-state index is 5.36. The van der Waals surface area contributed by atoms with E-state index < -0.39 is 0 Å². The summed E-state index contributed by atoms with van der Waals surface area (Å²) in [7, 11) is 1.72. The van der Waals surface area contributed by atoms with Gasteiger partial charge in [-0.25, -0.2) is 0 Å². The zero-order valence-electron chi connectivity index (χ0n) is 15.5. The van der Waals surface area contributed by atoms with Crippen molar-refractivity contribution in [3.63, 3.8) is 0 Å². The first kappa shape index (κ1) is 17.6. The molecular formula is C21H27N3OS. The topological polar surface area (TPSA) is 40.3 Å². The van der Waals surface area contributed by atoms with Crippen LogP contribution in [0.5, 0.6) is 5.75 Å². The lowest BCUT2D eigenvalue weighted by atomic mass is 10.0. The summed E-state index contributed by atoms with van der Waals surface area (Å²) in [4.78, 5) is 7.61. The molecule has 26 heavy (non-hydrogen) atoms. The van der Waals surface area contributed by atoms with E-state index in [9.17, 15) is 0 Å². The molecule has 3 aromatic rings. The van der Waals surface area contributed by atoms with E-state index in [1.807, 2.05) is 17.4 Å². The maximum Gasteiger partial charge on any atom is 0.119 e. The Morgan fingerprint density at radius 2 is 2.12 bits per heavy atom. The van der Waals surface area contributed by atoms with Crippen LogP contribution < -0.4 is 10.1 Å². The van der Waals surface area contributed by atoms with Gasteiger partial charge in [0.1, 0.15) is 5.75 Å². The van der Waals surface area contributed by atoms with E-state index in [4.69, 9.17) is 4.74 Å². The number of aromatic nitrogens is 1. The van der Waals surface area contributed by atoms with Crippen molar-refractivity contribution in [1.29, 1.82) is 0 Å². The van der Waals surface area contributed by atoms with Crippen molar-refractivity contribution in [2.24, 2.45) is 0 Å². The highest BCUT2D eigenvalue weighted by molar-refractivity contribution is 7.09. The minimum absolute atomic E-state index is 0.606. The van der Waals surface area contributed by atoms with Crippen LogP contribution in [-0.4, -0.2) is 36.1 Å². The van der Waals surface area contributed by atoms with Crippen LogP contribution in [-0.2, 0) is 13.1 Å². The van der Waals surface area contributed by atoms with Gasteiger partial charge in [0.2, 0.25) is 0 Å². The van der Waals surface area contributed by atoms with Gasteiger partial charge in [-0.2, -0.15) is 0 Å². The first-order valence-electron chi connectivity index (χ1n) is 9.36. The number of hydrogen-bond acceptors (Lipinski definition) is 4. The molecule has 0 radical (unpaired) electrons. The lowest BCUT2D eigenvalue weighted by Crippen LogP contribution is -2.41. The fraction of sp³-hybridized carbons (Fsp3) is 0.429. The molecule has 1 aliphatic rings. The molecule has 3 heterocycles. The molecule has 2 aromatic heterocycles. The minimum atomic E-state index is 0.606. The lowest BCUT2D eigenvalue weighted by Gasteiger charge is -2.32. The first-order chi connectivity index (χ1) is 12.7. The van der Waals surface area contributed by atoms with Gasteiger partial charge in [0.25, 0.3) is 0 Å². The number of likely N-dealkylation sites (tertiary alicyclic amines) is 1. The van der Waals surface area contributed by atoms with Crippen molar-refractivity contribution in [2.45, 2.75) is 38.9 Å². The number of thiophene rings is 1. The summed E-state index contributed by atoms with van der Waals surface area (Å²) in [5.41, 5.74) is 3.79. The van der Waals surface area contributed by atoms with E-state index in [1.165, 1.54) is 53.0 Å². The van der Waals surface area contributed by atoms with Gasteiger partial charge in [-0.15, -0.1) is 11.3 Å². The third-order valence-electron chi connectivity index (χ3n) is 5.48. The van der Waals surface area contributed by atoms with Crippen LogP contribution in [0.4, 0.5) is 0 Å². The number of aryl methyl sites for hydroxylation is 1. The van der Waals surface area contributed by atoms with Gasteiger partial charge in [-0.05, 0) is 68.1 Å². The van der Waals surface area contributed by atoms with Gasteiger partial charge >= 0.3 is 0 Å². The molecule has 4 nitrogen and oxygen atoms in total. The monoisotopic (exact) mass is 369 g/mol. The second-order valence-electron chi connectivity index (χ2n) is 7.15. The van der Waals surface area contributed by atoms with Crippen molar-refractivity contribution in [3.8, 4) is 5.75 Å². The predicted molar refractivity (Wildman–Crippen MR) is 109 cm³/mol. The summed E-state index contributed by atoms with van der Waals surface area (Å²) in [5.74, 6) is 0.914.